The second-order valence-corrected chi connectivity index (χ2v) is 3.43. The number of hydrogen-bond donors (Lipinski definition) is 2. The van der Waals surface area contributed by atoms with E-state index in [-0.39, 0.29) is 18.6 Å². The highest BCUT2D eigenvalue weighted by Gasteiger charge is 2.30. The summed E-state index contributed by atoms with van der Waals surface area (Å²) in [5.74, 6) is 0.115. The zero-order valence-corrected chi connectivity index (χ0v) is 9.17. The van der Waals surface area contributed by atoms with Crippen molar-refractivity contribution in [2.24, 2.45) is 0 Å². The van der Waals surface area contributed by atoms with E-state index < -0.39 is 5.97 Å². The molecule has 0 bridgehead atoms. The summed E-state index contributed by atoms with van der Waals surface area (Å²) in [7, 11) is 0. The van der Waals surface area contributed by atoms with Crippen LogP contribution in [0.1, 0.15) is 6.42 Å². The van der Waals surface area contributed by atoms with Crippen LogP contribution in [0, 0.1) is 0 Å². The predicted molar refractivity (Wildman–Crippen MR) is 58.0 cm³/mol. The molecule has 1 rings (SSSR count). The molecule has 6 nitrogen and oxygen atoms in total. The molecule has 0 radical (unpaired) electrons. The van der Waals surface area contributed by atoms with Crippen LogP contribution in [0.5, 0.6) is 0 Å². The topological polar surface area (TPSA) is 93.8 Å². The molecule has 0 aromatic rings. The highest BCUT2D eigenvalue weighted by molar-refractivity contribution is 5.83. The maximum Gasteiger partial charge on any atom is 0.345 e. The zero-order valence-electron chi connectivity index (χ0n) is 9.17. The van der Waals surface area contributed by atoms with E-state index in [1.54, 1.807) is 6.08 Å². The molecule has 0 unspecified atom stereocenters. The Labute approximate surface area is 94.4 Å². The summed E-state index contributed by atoms with van der Waals surface area (Å²) in [5, 5.41) is 17.6. The molecule has 92 valence electrons. The number of aliphatic hydroxyl groups excluding tert-OH is 1. The first-order valence-corrected chi connectivity index (χ1v) is 4.98. The summed E-state index contributed by atoms with van der Waals surface area (Å²) in [6.45, 7) is 5.79. The number of aliphatic carboxylic acids is 1. The molecule has 0 saturated carbocycles. The number of rotatable bonds is 6. The minimum Gasteiger partial charge on any atom is -0.870 e. The van der Waals surface area contributed by atoms with Crippen molar-refractivity contribution in [1.82, 2.24) is 4.90 Å². The SMILES string of the molecule is C=CCC1=[N+](CCO)CCN1CC(=O)O.[OH-]. The molecule has 0 saturated heterocycles. The van der Waals surface area contributed by atoms with Gasteiger partial charge in [-0.2, -0.15) is 0 Å². The summed E-state index contributed by atoms with van der Waals surface area (Å²) in [4.78, 5) is 12.4. The van der Waals surface area contributed by atoms with Crippen molar-refractivity contribution in [1.29, 1.82) is 0 Å². The fourth-order valence-corrected chi connectivity index (χ4v) is 1.78. The van der Waals surface area contributed by atoms with Gasteiger partial charge in [-0.1, -0.05) is 6.08 Å². The summed E-state index contributed by atoms with van der Waals surface area (Å²) >= 11 is 0. The maximum atomic E-state index is 10.6. The standard InChI is InChI=1S/C10H16N2O3.H2O/c1-2-3-9-11(6-7-13)4-5-12(9)8-10(14)15;/h2,13H,1,3-8H2;1H2. The third-order valence-corrected chi connectivity index (χ3v) is 2.39. The summed E-state index contributed by atoms with van der Waals surface area (Å²) in [5.41, 5.74) is 0. The van der Waals surface area contributed by atoms with Gasteiger partial charge in [-0.05, 0) is 0 Å². The van der Waals surface area contributed by atoms with Crippen molar-refractivity contribution < 1.29 is 25.1 Å². The van der Waals surface area contributed by atoms with Crippen LogP contribution in [0.3, 0.4) is 0 Å². The molecule has 16 heavy (non-hydrogen) atoms. The molecule has 1 aliphatic heterocycles. The summed E-state index contributed by atoms with van der Waals surface area (Å²) < 4.78 is 2.00. The van der Waals surface area contributed by atoms with Gasteiger partial charge in [-0.25, -0.2) is 4.79 Å². The van der Waals surface area contributed by atoms with Crippen LogP contribution in [-0.4, -0.2) is 69.8 Å². The number of nitrogens with zero attached hydrogens (tertiary/aromatic N) is 2. The molecular formula is C10H18N2O4. The molecule has 0 aliphatic carbocycles. The van der Waals surface area contributed by atoms with Gasteiger partial charge in [0, 0.05) is 0 Å². The van der Waals surface area contributed by atoms with Crippen molar-refractivity contribution >= 4 is 11.8 Å². The first-order chi connectivity index (χ1) is 7.19. The van der Waals surface area contributed by atoms with E-state index in [0.717, 1.165) is 12.4 Å². The first kappa shape index (κ1) is 14.6. The lowest BCUT2D eigenvalue weighted by Crippen LogP contribution is -2.34. The smallest absolute Gasteiger partial charge is 0.345 e. The second kappa shape index (κ2) is 6.97. The fourth-order valence-electron chi connectivity index (χ4n) is 1.78. The van der Waals surface area contributed by atoms with Crippen LogP contribution in [0.4, 0.5) is 0 Å². The molecule has 6 heteroatoms. The lowest BCUT2D eigenvalue weighted by molar-refractivity contribution is -0.521. The van der Waals surface area contributed by atoms with Crippen LogP contribution < -0.4 is 0 Å². The van der Waals surface area contributed by atoms with E-state index in [9.17, 15) is 4.79 Å². The largest absolute Gasteiger partial charge is 0.870 e. The Balaban J connectivity index is 0.00000225. The minimum atomic E-state index is -0.831. The van der Waals surface area contributed by atoms with E-state index in [4.69, 9.17) is 10.2 Å². The van der Waals surface area contributed by atoms with Crippen LogP contribution >= 0.6 is 0 Å². The Morgan fingerprint density at radius 2 is 2.31 bits per heavy atom. The van der Waals surface area contributed by atoms with Gasteiger partial charge in [0.15, 0.2) is 6.54 Å². The van der Waals surface area contributed by atoms with Gasteiger partial charge >= 0.3 is 5.97 Å². The van der Waals surface area contributed by atoms with Crippen LogP contribution in [0.15, 0.2) is 12.7 Å². The molecule has 0 spiro atoms. The highest BCUT2D eigenvalue weighted by atomic mass is 16.4. The van der Waals surface area contributed by atoms with Crippen LogP contribution in [0.2, 0.25) is 0 Å². The number of carbonyl (C=O) groups is 1. The van der Waals surface area contributed by atoms with E-state index in [1.165, 1.54) is 0 Å². The maximum absolute atomic E-state index is 10.6. The van der Waals surface area contributed by atoms with Crippen molar-refractivity contribution in [2.75, 3.05) is 32.8 Å². The molecule has 0 fully saturated rings. The van der Waals surface area contributed by atoms with E-state index in [0.29, 0.717) is 19.5 Å². The van der Waals surface area contributed by atoms with Crippen LogP contribution in [0.25, 0.3) is 0 Å². The van der Waals surface area contributed by atoms with E-state index >= 15 is 0 Å². The van der Waals surface area contributed by atoms with E-state index in [2.05, 4.69) is 6.58 Å². The number of β-amino-alcohol motifs (C(OH)–C–C–N with tert-alkyl or cyclic N) is 1. The number of hydrogen-bond acceptors (Lipinski definition) is 4. The van der Waals surface area contributed by atoms with Gasteiger partial charge in [0.1, 0.15) is 19.6 Å². The van der Waals surface area contributed by atoms with Gasteiger partial charge in [0.05, 0.1) is 13.0 Å². The normalized spacial score (nSPS) is 14.9. The highest BCUT2D eigenvalue weighted by Crippen LogP contribution is 2.05. The average Bonchev–Trinajstić information content (AvgIpc) is 2.51. The molecule has 3 N–H and O–H groups in total. The Kier molecular flexibility index (Phi) is 6.36. The zero-order chi connectivity index (χ0) is 11.3. The Morgan fingerprint density at radius 3 is 2.81 bits per heavy atom. The lowest BCUT2D eigenvalue weighted by atomic mass is 10.3. The van der Waals surface area contributed by atoms with Gasteiger partial charge in [0.2, 0.25) is 0 Å². The van der Waals surface area contributed by atoms with Crippen molar-refractivity contribution in [3.8, 4) is 0 Å². The second-order valence-electron chi connectivity index (χ2n) is 3.43. The van der Waals surface area contributed by atoms with Gasteiger partial charge < -0.3 is 15.7 Å². The van der Waals surface area contributed by atoms with Crippen molar-refractivity contribution in [3.05, 3.63) is 12.7 Å². The lowest BCUT2D eigenvalue weighted by Gasteiger charge is -2.09. The molecule has 1 aliphatic rings. The Hall–Kier alpha value is -1.40. The summed E-state index contributed by atoms with van der Waals surface area (Å²) in [6.07, 6.45) is 2.40. The van der Waals surface area contributed by atoms with E-state index in [1.807, 2.05) is 9.48 Å². The summed E-state index contributed by atoms with van der Waals surface area (Å²) in [6, 6.07) is 0. The molecule has 0 amide bonds. The van der Waals surface area contributed by atoms with Gasteiger partial charge in [-0.15, -0.1) is 6.58 Å². The molecule has 0 aromatic heterocycles. The first-order valence-electron chi connectivity index (χ1n) is 4.98. The molecule has 1 heterocycles. The monoisotopic (exact) mass is 230 g/mol. The Morgan fingerprint density at radius 1 is 1.62 bits per heavy atom. The molecular weight excluding hydrogens is 212 g/mol. The predicted octanol–water partition coefficient (Wildman–Crippen LogP) is -0.811. The van der Waals surface area contributed by atoms with Crippen molar-refractivity contribution in [3.63, 3.8) is 0 Å². The number of carboxylic acid groups (broad SMARTS) is 1. The molecule has 0 atom stereocenters. The molecule has 0 aromatic carbocycles. The quantitative estimate of drug-likeness (QED) is 0.459. The fraction of sp³-hybridized carbons (Fsp3) is 0.600. The number of amidine groups is 1. The van der Waals surface area contributed by atoms with Crippen molar-refractivity contribution in [2.45, 2.75) is 6.42 Å². The number of carboxylic acids is 1. The average molecular weight is 230 g/mol. The van der Waals surface area contributed by atoms with Gasteiger partial charge in [0.25, 0.3) is 5.84 Å². The minimum absolute atomic E-state index is 0. The van der Waals surface area contributed by atoms with Gasteiger partial charge in [-0.3, -0.25) is 9.48 Å². The third kappa shape index (κ3) is 3.63. The Bertz CT molecular complexity index is 289. The number of aliphatic hydroxyl groups is 1. The van der Waals surface area contributed by atoms with Crippen LogP contribution in [-0.2, 0) is 4.79 Å². The third-order valence-electron chi connectivity index (χ3n) is 2.39.